The molecule has 72 valence electrons. The predicted molar refractivity (Wildman–Crippen MR) is 49.8 cm³/mol. The lowest BCUT2D eigenvalue weighted by molar-refractivity contribution is -0.0739. The molecule has 0 aliphatic carbocycles. The van der Waals surface area contributed by atoms with Crippen LogP contribution in [0.5, 0.6) is 0 Å². The second-order valence-corrected chi connectivity index (χ2v) is 3.98. The van der Waals surface area contributed by atoms with Gasteiger partial charge >= 0.3 is 0 Å². The smallest absolute Gasteiger partial charge is 0.0734 e. The number of hydrogen-bond acceptors (Lipinski definition) is 3. The van der Waals surface area contributed by atoms with Crippen LogP contribution in [-0.4, -0.2) is 30.3 Å². The van der Waals surface area contributed by atoms with Gasteiger partial charge in [0.25, 0.3) is 0 Å². The fraction of sp³-hybridized carbons (Fsp3) is 1.00. The molecule has 3 heteroatoms. The number of piperidine rings is 1. The minimum Gasteiger partial charge on any atom is -0.389 e. The molecule has 1 aliphatic rings. The van der Waals surface area contributed by atoms with Gasteiger partial charge in [-0.2, -0.15) is 0 Å². The van der Waals surface area contributed by atoms with Gasteiger partial charge in [-0.05, 0) is 31.3 Å². The van der Waals surface area contributed by atoms with Crippen molar-refractivity contribution in [1.82, 2.24) is 5.32 Å². The predicted octanol–water partition coefficient (Wildman–Crippen LogP) is -0.0583. The maximum absolute atomic E-state index is 10.3. The average molecular weight is 172 g/mol. The van der Waals surface area contributed by atoms with Crippen molar-refractivity contribution in [2.45, 2.75) is 25.9 Å². The molecule has 0 aromatic heterocycles. The average Bonchev–Trinajstić information content (AvgIpc) is 2.09. The molecule has 1 rings (SSSR count). The quantitative estimate of drug-likeness (QED) is 0.547. The Bertz CT molecular complexity index is 145. The Balaban J connectivity index is 2.65. The van der Waals surface area contributed by atoms with Crippen LogP contribution in [0.25, 0.3) is 0 Å². The highest BCUT2D eigenvalue weighted by molar-refractivity contribution is 4.93. The fourth-order valence-corrected chi connectivity index (χ4v) is 1.97. The van der Waals surface area contributed by atoms with Crippen LogP contribution in [-0.2, 0) is 0 Å². The summed E-state index contributed by atoms with van der Waals surface area (Å²) in [6, 6.07) is 0. The number of nitrogens with two attached hydrogens (primary N) is 1. The van der Waals surface area contributed by atoms with Gasteiger partial charge in [0, 0.05) is 6.54 Å². The molecular weight excluding hydrogens is 152 g/mol. The van der Waals surface area contributed by atoms with E-state index >= 15 is 0 Å². The van der Waals surface area contributed by atoms with Crippen LogP contribution in [0.2, 0.25) is 0 Å². The molecule has 3 nitrogen and oxygen atoms in total. The van der Waals surface area contributed by atoms with Crippen molar-refractivity contribution in [3.8, 4) is 0 Å². The van der Waals surface area contributed by atoms with Crippen molar-refractivity contribution in [2.24, 2.45) is 17.6 Å². The molecule has 1 aliphatic heterocycles. The third kappa shape index (κ3) is 1.63. The zero-order valence-corrected chi connectivity index (χ0v) is 8.01. The van der Waals surface area contributed by atoms with E-state index in [0.717, 1.165) is 19.5 Å². The number of hydrogen-bond donors (Lipinski definition) is 3. The first kappa shape index (κ1) is 9.96. The molecule has 1 saturated heterocycles. The van der Waals surface area contributed by atoms with Gasteiger partial charge in [-0.3, -0.25) is 0 Å². The summed E-state index contributed by atoms with van der Waals surface area (Å²) in [6.45, 7) is 6.49. The number of rotatable bonds is 2. The Hall–Kier alpha value is -0.120. The summed E-state index contributed by atoms with van der Waals surface area (Å²) in [7, 11) is 0. The topological polar surface area (TPSA) is 58.3 Å². The molecule has 0 aromatic rings. The van der Waals surface area contributed by atoms with E-state index in [1.165, 1.54) is 0 Å². The Morgan fingerprint density at radius 3 is 2.92 bits per heavy atom. The van der Waals surface area contributed by atoms with Gasteiger partial charge in [-0.25, -0.2) is 0 Å². The lowest BCUT2D eigenvalue weighted by Crippen LogP contribution is -2.54. The monoisotopic (exact) mass is 172 g/mol. The first-order chi connectivity index (χ1) is 5.61. The van der Waals surface area contributed by atoms with Crippen LogP contribution in [0.1, 0.15) is 20.3 Å². The molecule has 0 aromatic carbocycles. The molecule has 0 spiro atoms. The lowest BCUT2D eigenvalue weighted by Gasteiger charge is -2.42. The molecule has 3 unspecified atom stereocenters. The molecule has 0 radical (unpaired) electrons. The van der Waals surface area contributed by atoms with Crippen molar-refractivity contribution < 1.29 is 5.11 Å². The molecule has 1 fully saturated rings. The van der Waals surface area contributed by atoms with Gasteiger partial charge in [0.1, 0.15) is 0 Å². The van der Waals surface area contributed by atoms with Crippen LogP contribution in [0.3, 0.4) is 0 Å². The van der Waals surface area contributed by atoms with Crippen LogP contribution in [0.4, 0.5) is 0 Å². The van der Waals surface area contributed by atoms with Gasteiger partial charge < -0.3 is 16.2 Å². The molecule has 1 heterocycles. The SMILES string of the molecule is CC(CN)C1(O)CCNCC1C. The normalized spacial score (nSPS) is 39.5. The highest BCUT2D eigenvalue weighted by Crippen LogP contribution is 2.31. The van der Waals surface area contributed by atoms with E-state index < -0.39 is 5.60 Å². The summed E-state index contributed by atoms with van der Waals surface area (Å²) < 4.78 is 0. The van der Waals surface area contributed by atoms with Crippen molar-refractivity contribution in [2.75, 3.05) is 19.6 Å². The Labute approximate surface area is 74.3 Å². The second-order valence-electron chi connectivity index (χ2n) is 3.98. The highest BCUT2D eigenvalue weighted by atomic mass is 16.3. The third-order valence-electron chi connectivity index (χ3n) is 3.21. The van der Waals surface area contributed by atoms with Gasteiger partial charge in [-0.15, -0.1) is 0 Å². The van der Waals surface area contributed by atoms with Crippen LogP contribution in [0, 0.1) is 11.8 Å². The molecule has 12 heavy (non-hydrogen) atoms. The van der Waals surface area contributed by atoms with Gasteiger partial charge in [0.2, 0.25) is 0 Å². The summed E-state index contributed by atoms with van der Waals surface area (Å²) in [5.41, 5.74) is 5.03. The first-order valence-corrected chi connectivity index (χ1v) is 4.74. The van der Waals surface area contributed by atoms with Gasteiger partial charge in [0.15, 0.2) is 0 Å². The van der Waals surface area contributed by atoms with E-state index in [1.54, 1.807) is 0 Å². The summed E-state index contributed by atoms with van der Waals surface area (Å²) in [5, 5.41) is 13.6. The summed E-state index contributed by atoms with van der Waals surface area (Å²) >= 11 is 0. The zero-order chi connectivity index (χ0) is 9.19. The minimum atomic E-state index is -0.542. The van der Waals surface area contributed by atoms with Crippen LogP contribution < -0.4 is 11.1 Å². The third-order valence-corrected chi connectivity index (χ3v) is 3.21. The van der Waals surface area contributed by atoms with E-state index in [2.05, 4.69) is 12.2 Å². The van der Waals surface area contributed by atoms with Crippen molar-refractivity contribution >= 4 is 0 Å². The molecule has 0 amide bonds. The van der Waals surface area contributed by atoms with Crippen molar-refractivity contribution in [1.29, 1.82) is 0 Å². The summed E-state index contributed by atoms with van der Waals surface area (Å²) in [4.78, 5) is 0. The first-order valence-electron chi connectivity index (χ1n) is 4.74. The van der Waals surface area contributed by atoms with Crippen LogP contribution >= 0.6 is 0 Å². The molecular formula is C9H20N2O. The maximum Gasteiger partial charge on any atom is 0.0734 e. The second kappa shape index (κ2) is 3.73. The van der Waals surface area contributed by atoms with E-state index in [1.807, 2.05) is 6.92 Å². The molecule has 3 atom stereocenters. The van der Waals surface area contributed by atoms with Gasteiger partial charge in [0.05, 0.1) is 5.60 Å². The van der Waals surface area contributed by atoms with E-state index in [4.69, 9.17) is 5.73 Å². The van der Waals surface area contributed by atoms with E-state index in [-0.39, 0.29) is 5.92 Å². The van der Waals surface area contributed by atoms with E-state index in [9.17, 15) is 5.11 Å². The standard InChI is InChI=1S/C9H20N2O/c1-7(5-10)9(12)3-4-11-6-8(9)2/h7-8,11-12H,3-6,10H2,1-2H3. The van der Waals surface area contributed by atoms with Crippen molar-refractivity contribution in [3.63, 3.8) is 0 Å². The fourth-order valence-electron chi connectivity index (χ4n) is 1.97. The van der Waals surface area contributed by atoms with Crippen molar-refractivity contribution in [3.05, 3.63) is 0 Å². The largest absolute Gasteiger partial charge is 0.389 e. The molecule has 0 saturated carbocycles. The zero-order valence-electron chi connectivity index (χ0n) is 8.01. The summed E-state index contributed by atoms with van der Waals surface area (Å²) in [6.07, 6.45) is 0.826. The molecule has 4 N–H and O–H groups in total. The lowest BCUT2D eigenvalue weighted by atomic mass is 9.74. The summed E-state index contributed by atoms with van der Waals surface area (Å²) in [5.74, 6) is 0.513. The van der Waals surface area contributed by atoms with Gasteiger partial charge in [-0.1, -0.05) is 13.8 Å². The Kier molecular flexibility index (Phi) is 3.09. The maximum atomic E-state index is 10.3. The number of nitrogens with one attached hydrogen (secondary N) is 1. The Morgan fingerprint density at radius 1 is 1.75 bits per heavy atom. The highest BCUT2D eigenvalue weighted by Gasteiger charge is 2.39. The molecule has 0 bridgehead atoms. The number of aliphatic hydroxyl groups is 1. The minimum absolute atomic E-state index is 0.203. The van der Waals surface area contributed by atoms with E-state index in [0.29, 0.717) is 12.5 Å². The Morgan fingerprint density at radius 2 is 2.42 bits per heavy atom. The van der Waals surface area contributed by atoms with Crippen LogP contribution in [0.15, 0.2) is 0 Å².